The van der Waals surface area contributed by atoms with Crippen molar-refractivity contribution in [3.63, 3.8) is 0 Å². The number of rotatable bonds is 2. The molecule has 110 valence electrons. The maximum absolute atomic E-state index is 11.5. The summed E-state index contributed by atoms with van der Waals surface area (Å²) in [5.74, 6) is 0.961. The molecule has 0 bridgehead atoms. The fourth-order valence-electron chi connectivity index (χ4n) is 2.54. The van der Waals surface area contributed by atoms with Gasteiger partial charge >= 0.3 is 0 Å². The zero-order valence-corrected chi connectivity index (χ0v) is 12.5. The molecule has 3 heterocycles. The third kappa shape index (κ3) is 2.96. The summed E-state index contributed by atoms with van der Waals surface area (Å²) in [5, 5.41) is 1.02. The second kappa shape index (κ2) is 5.54. The summed E-state index contributed by atoms with van der Waals surface area (Å²) in [6.45, 7) is 1.47. The average Bonchev–Trinajstić information content (AvgIpc) is 2.87. The number of nitrogens with one attached hydrogen (secondary N) is 1. The number of aromatic nitrogens is 3. The number of pyridine rings is 1. The van der Waals surface area contributed by atoms with E-state index in [-0.39, 0.29) is 17.4 Å². The van der Waals surface area contributed by atoms with Crippen LogP contribution >= 0.6 is 23.2 Å². The van der Waals surface area contributed by atoms with Gasteiger partial charge in [0.15, 0.2) is 0 Å². The highest BCUT2D eigenvalue weighted by molar-refractivity contribution is 6.36. The van der Waals surface area contributed by atoms with Crippen LogP contribution in [0.25, 0.3) is 0 Å². The van der Waals surface area contributed by atoms with Crippen LogP contribution in [0.1, 0.15) is 18.0 Å². The standard InChI is InChI=1S/C13H13Cl2N5O/c14-8-3-9(15)12(17-5-8)20-2-1-7(6-20)10-4-11(21)19-13(16)18-10/h3-5,7H,1-2,6H2,(H3,16,18,19,21). The molecule has 2 aromatic rings. The van der Waals surface area contributed by atoms with Crippen molar-refractivity contribution in [2.45, 2.75) is 12.3 Å². The van der Waals surface area contributed by atoms with E-state index in [1.165, 1.54) is 6.07 Å². The zero-order valence-electron chi connectivity index (χ0n) is 11.0. The van der Waals surface area contributed by atoms with E-state index < -0.39 is 0 Å². The van der Waals surface area contributed by atoms with Crippen molar-refractivity contribution < 1.29 is 0 Å². The Labute approximate surface area is 130 Å². The Morgan fingerprint density at radius 1 is 1.38 bits per heavy atom. The number of nitrogens with zero attached hydrogens (tertiary/aromatic N) is 3. The number of nitrogens with two attached hydrogens (primary N) is 1. The monoisotopic (exact) mass is 325 g/mol. The average molecular weight is 326 g/mol. The maximum atomic E-state index is 11.5. The summed E-state index contributed by atoms with van der Waals surface area (Å²) in [5.41, 5.74) is 6.05. The first kappa shape index (κ1) is 14.2. The highest BCUT2D eigenvalue weighted by Gasteiger charge is 2.27. The number of aromatic amines is 1. The fraction of sp³-hybridized carbons (Fsp3) is 0.308. The molecule has 1 aliphatic heterocycles. The summed E-state index contributed by atoms with van der Waals surface area (Å²) in [6.07, 6.45) is 2.43. The normalized spacial score (nSPS) is 18.2. The molecule has 1 atom stereocenters. The fourth-order valence-corrected chi connectivity index (χ4v) is 3.04. The molecule has 6 nitrogen and oxygen atoms in total. The molecule has 8 heteroatoms. The predicted molar refractivity (Wildman–Crippen MR) is 83.1 cm³/mol. The quantitative estimate of drug-likeness (QED) is 0.882. The third-order valence-electron chi connectivity index (χ3n) is 3.47. The minimum Gasteiger partial charge on any atom is -0.369 e. The van der Waals surface area contributed by atoms with Crippen LogP contribution in [-0.4, -0.2) is 28.0 Å². The van der Waals surface area contributed by atoms with Gasteiger partial charge in [0.1, 0.15) is 5.82 Å². The molecule has 0 aromatic carbocycles. The van der Waals surface area contributed by atoms with Crippen molar-refractivity contribution >= 4 is 35.0 Å². The van der Waals surface area contributed by atoms with Gasteiger partial charge in [0.25, 0.3) is 5.56 Å². The van der Waals surface area contributed by atoms with E-state index in [4.69, 9.17) is 28.9 Å². The van der Waals surface area contributed by atoms with Gasteiger partial charge in [-0.3, -0.25) is 9.78 Å². The Bertz CT molecular complexity index is 733. The lowest BCUT2D eigenvalue weighted by atomic mass is 10.1. The van der Waals surface area contributed by atoms with E-state index in [9.17, 15) is 4.79 Å². The highest BCUT2D eigenvalue weighted by atomic mass is 35.5. The molecule has 1 saturated heterocycles. The minimum atomic E-state index is -0.237. The van der Waals surface area contributed by atoms with Gasteiger partial charge in [-0.05, 0) is 12.5 Å². The topological polar surface area (TPSA) is 87.9 Å². The maximum Gasteiger partial charge on any atom is 0.252 e. The van der Waals surface area contributed by atoms with Crippen LogP contribution in [0.5, 0.6) is 0 Å². The van der Waals surface area contributed by atoms with Gasteiger partial charge in [-0.15, -0.1) is 0 Å². The molecule has 3 N–H and O–H groups in total. The molecular weight excluding hydrogens is 313 g/mol. The molecule has 21 heavy (non-hydrogen) atoms. The van der Waals surface area contributed by atoms with E-state index in [0.717, 1.165) is 13.0 Å². The molecule has 1 aliphatic rings. The molecular formula is C13H13Cl2N5O. The Kier molecular flexibility index (Phi) is 3.73. The SMILES string of the molecule is Nc1nc(C2CCN(c3ncc(Cl)cc3Cl)C2)cc(=O)[nH]1. The summed E-state index contributed by atoms with van der Waals surface area (Å²) < 4.78 is 0. The number of hydrogen-bond donors (Lipinski definition) is 2. The number of hydrogen-bond acceptors (Lipinski definition) is 5. The molecule has 0 aliphatic carbocycles. The molecule has 0 saturated carbocycles. The summed E-state index contributed by atoms with van der Waals surface area (Å²) >= 11 is 12.0. The van der Waals surface area contributed by atoms with Crippen LogP contribution in [-0.2, 0) is 0 Å². The predicted octanol–water partition coefficient (Wildman–Crippen LogP) is 2.05. The Hall–Kier alpha value is -1.79. The zero-order chi connectivity index (χ0) is 15.0. The molecule has 0 radical (unpaired) electrons. The molecule has 3 rings (SSSR count). The number of halogens is 2. The van der Waals surface area contributed by atoms with Crippen LogP contribution in [0, 0.1) is 0 Å². The first-order chi connectivity index (χ1) is 10.0. The van der Waals surface area contributed by atoms with Gasteiger partial charge in [0, 0.05) is 31.3 Å². The van der Waals surface area contributed by atoms with Crippen molar-refractivity contribution in [1.82, 2.24) is 15.0 Å². The van der Waals surface area contributed by atoms with Crippen LogP contribution < -0.4 is 16.2 Å². The molecule has 0 spiro atoms. The first-order valence-corrected chi connectivity index (χ1v) is 7.21. The third-order valence-corrected chi connectivity index (χ3v) is 3.96. The number of H-pyrrole nitrogens is 1. The van der Waals surface area contributed by atoms with Gasteiger partial charge in [-0.2, -0.15) is 0 Å². The van der Waals surface area contributed by atoms with E-state index in [1.54, 1.807) is 12.3 Å². The van der Waals surface area contributed by atoms with Gasteiger partial charge in [-0.1, -0.05) is 23.2 Å². The van der Waals surface area contributed by atoms with Gasteiger partial charge in [-0.25, -0.2) is 9.97 Å². The summed E-state index contributed by atoms with van der Waals surface area (Å²) in [7, 11) is 0. The van der Waals surface area contributed by atoms with Crippen molar-refractivity contribution in [2.24, 2.45) is 0 Å². The van der Waals surface area contributed by atoms with Crippen molar-refractivity contribution in [3.05, 3.63) is 44.4 Å². The lowest BCUT2D eigenvalue weighted by Crippen LogP contribution is -2.21. The Balaban J connectivity index is 1.83. The smallest absolute Gasteiger partial charge is 0.252 e. The first-order valence-electron chi connectivity index (χ1n) is 6.45. The summed E-state index contributed by atoms with van der Waals surface area (Å²) in [4.78, 5) is 24.4. The molecule has 1 fully saturated rings. The molecule has 2 aromatic heterocycles. The second-order valence-electron chi connectivity index (χ2n) is 4.95. The lowest BCUT2D eigenvalue weighted by molar-refractivity contribution is 0.739. The van der Waals surface area contributed by atoms with E-state index in [0.29, 0.717) is 28.1 Å². The van der Waals surface area contributed by atoms with E-state index >= 15 is 0 Å². The Morgan fingerprint density at radius 2 is 2.19 bits per heavy atom. The Morgan fingerprint density at radius 3 is 2.90 bits per heavy atom. The van der Waals surface area contributed by atoms with E-state index in [1.807, 2.05) is 0 Å². The van der Waals surface area contributed by atoms with Crippen LogP contribution in [0.2, 0.25) is 10.0 Å². The van der Waals surface area contributed by atoms with Gasteiger partial charge < -0.3 is 10.6 Å². The van der Waals surface area contributed by atoms with Crippen molar-refractivity contribution in [2.75, 3.05) is 23.7 Å². The van der Waals surface area contributed by atoms with Crippen molar-refractivity contribution in [3.8, 4) is 0 Å². The van der Waals surface area contributed by atoms with Gasteiger partial charge in [0.05, 0.1) is 15.7 Å². The minimum absolute atomic E-state index is 0.128. The summed E-state index contributed by atoms with van der Waals surface area (Å²) in [6, 6.07) is 3.16. The van der Waals surface area contributed by atoms with Crippen LogP contribution in [0.4, 0.5) is 11.8 Å². The van der Waals surface area contributed by atoms with Crippen LogP contribution in [0.3, 0.4) is 0 Å². The number of nitrogen functional groups attached to an aromatic ring is 1. The lowest BCUT2D eigenvalue weighted by Gasteiger charge is -2.18. The van der Waals surface area contributed by atoms with Gasteiger partial charge in [0.2, 0.25) is 5.95 Å². The largest absolute Gasteiger partial charge is 0.369 e. The van der Waals surface area contributed by atoms with E-state index in [2.05, 4.69) is 19.9 Å². The molecule has 0 amide bonds. The highest BCUT2D eigenvalue weighted by Crippen LogP contribution is 2.33. The van der Waals surface area contributed by atoms with Crippen molar-refractivity contribution in [1.29, 1.82) is 0 Å². The second-order valence-corrected chi connectivity index (χ2v) is 5.79. The molecule has 1 unspecified atom stereocenters. The number of anilines is 2. The van der Waals surface area contributed by atoms with Crippen LogP contribution in [0.15, 0.2) is 23.1 Å².